The first-order valence-electron chi connectivity index (χ1n) is 29.0. The molecule has 0 aromatic rings. The first-order chi connectivity index (χ1) is 36.1. The Balaban J connectivity index is 1.73. The fraction of sp³-hybridized carbons (Fsp3) is 0.783. The number of carbonyl (C=O) groups excluding carboxylic acids is 1. The van der Waals surface area contributed by atoms with Gasteiger partial charge in [-0.2, -0.15) is 0 Å². The third-order valence-corrected chi connectivity index (χ3v) is 13.4. The third kappa shape index (κ3) is 32.9. The van der Waals surface area contributed by atoms with Gasteiger partial charge in [0.15, 0.2) is 12.6 Å². The molecule has 2 saturated heterocycles. The second kappa shape index (κ2) is 46.5. The molecule has 2 aliphatic heterocycles. The predicted molar refractivity (Wildman–Crippen MR) is 293 cm³/mol. The quantitative estimate of drug-likeness (QED) is 0.0172. The summed E-state index contributed by atoms with van der Waals surface area (Å²) in [6.45, 7) is 3.54. The van der Waals surface area contributed by atoms with Crippen LogP contribution < -0.4 is 0 Å². The van der Waals surface area contributed by atoms with Crippen LogP contribution in [0.15, 0.2) is 72.9 Å². The van der Waals surface area contributed by atoms with E-state index in [1.54, 1.807) is 0 Å². The zero-order valence-electron chi connectivity index (χ0n) is 45.8. The third-order valence-electron chi connectivity index (χ3n) is 13.4. The monoisotopic (exact) mass is 1050 g/mol. The fourth-order valence-electron chi connectivity index (χ4n) is 8.78. The number of unbranched alkanes of at least 4 members (excludes halogenated alkanes) is 20. The minimum Gasteiger partial charge on any atom is -0.457 e. The van der Waals surface area contributed by atoms with E-state index in [1.807, 2.05) is 0 Å². The normalized spacial score (nSPS) is 25.3. The van der Waals surface area contributed by atoms with E-state index < -0.39 is 80.7 Å². The van der Waals surface area contributed by atoms with Crippen LogP contribution in [0.3, 0.4) is 0 Å². The SMILES string of the molecule is CC/C=C\C/C=C\C/C=C\C/C=C\CCCCCCCCCCC(=O)OC(COCCCCCCCCCC/C=C\C/C=C\CCCCCC)COC1OC(COC2OC(CO)C(O)C(O)C2O)C(O)C(O)C1O. The summed E-state index contributed by atoms with van der Waals surface area (Å²) < 4.78 is 34.4. The van der Waals surface area contributed by atoms with Crippen LogP contribution in [0.5, 0.6) is 0 Å². The van der Waals surface area contributed by atoms with Gasteiger partial charge in [-0.1, -0.05) is 183 Å². The number of hydrogen-bond acceptors (Lipinski definition) is 14. The molecule has 0 amide bonds. The van der Waals surface area contributed by atoms with E-state index in [2.05, 4.69) is 86.8 Å². The molecule has 0 bridgehead atoms. The van der Waals surface area contributed by atoms with Crippen LogP contribution >= 0.6 is 0 Å². The van der Waals surface area contributed by atoms with E-state index in [4.69, 9.17) is 28.4 Å². The number of carbonyl (C=O) groups is 1. The van der Waals surface area contributed by atoms with Crippen molar-refractivity contribution in [3.63, 3.8) is 0 Å². The van der Waals surface area contributed by atoms with Gasteiger partial charge in [0, 0.05) is 13.0 Å². The molecule has 0 aliphatic carbocycles. The lowest BCUT2D eigenvalue weighted by molar-refractivity contribution is -0.332. The first kappa shape index (κ1) is 67.5. The largest absolute Gasteiger partial charge is 0.457 e. The van der Waals surface area contributed by atoms with E-state index >= 15 is 0 Å². The lowest BCUT2D eigenvalue weighted by atomic mass is 9.98. The molecular formula is C60H104O14. The van der Waals surface area contributed by atoms with Gasteiger partial charge in [0.2, 0.25) is 0 Å². The van der Waals surface area contributed by atoms with Crippen LogP contribution in [0.2, 0.25) is 0 Å². The average Bonchev–Trinajstić information content (AvgIpc) is 3.40. The van der Waals surface area contributed by atoms with E-state index in [0.717, 1.165) is 83.5 Å². The van der Waals surface area contributed by atoms with Crippen molar-refractivity contribution in [2.45, 2.75) is 268 Å². The summed E-state index contributed by atoms with van der Waals surface area (Å²) in [6, 6.07) is 0. The molecule has 74 heavy (non-hydrogen) atoms. The maximum atomic E-state index is 13.1. The van der Waals surface area contributed by atoms with Crippen molar-refractivity contribution in [1.82, 2.24) is 0 Å². The molecule has 0 radical (unpaired) electrons. The van der Waals surface area contributed by atoms with E-state index in [-0.39, 0.29) is 25.6 Å². The van der Waals surface area contributed by atoms with Crippen molar-refractivity contribution in [3.05, 3.63) is 72.9 Å². The highest BCUT2D eigenvalue weighted by molar-refractivity contribution is 5.69. The molecule has 2 aliphatic rings. The molecular weight excluding hydrogens is 945 g/mol. The highest BCUT2D eigenvalue weighted by atomic mass is 16.7. The van der Waals surface area contributed by atoms with Gasteiger partial charge in [-0.3, -0.25) is 4.79 Å². The van der Waals surface area contributed by atoms with Gasteiger partial charge >= 0.3 is 5.97 Å². The van der Waals surface area contributed by atoms with E-state index in [9.17, 15) is 40.5 Å². The number of esters is 1. The molecule has 14 heteroatoms. The Bertz CT molecular complexity index is 1500. The van der Waals surface area contributed by atoms with Crippen LogP contribution in [0.25, 0.3) is 0 Å². The number of allylic oxidation sites excluding steroid dienone is 12. The van der Waals surface area contributed by atoms with Crippen LogP contribution in [-0.4, -0.2) is 142 Å². The zero-order chi connectivity index (χ0) is 53.7. The van der Waals surface area contributed by atoms with Gasteiger partial charge in [-0.15, -0.1) is 0 Å². The molecule has 14 nitrogen and oxygen atoms in total. The van der Waals surface area contributed by atoms with Crippen molar-refractivity contribution in [2.24, 2.45) is 0 Å². The molecule has 2 fully saturated rings. The smallest absolute Gasteiger partial charge is 0.306 e. The molecule has 7 N–H and O–H groups in total. The Hall–Kier alpha value is -2.57. The minimum absolute atomic E-state index is 0.0510. The second-order valence-corrected chi connectivity index (χ2v) is 20.1. The van der Waals surface area contributed by atoms with E-state index in [0.29, 0.717) is 13.0 Å². The maximum Gasteiger partial charge on any atom is 0.306 e. The summed E-state index contributed by atoms with van der Waals surface area (Å²) in [6.07, 6.45) is 42.4. The highest BCUT2D eigenvalue weighted by Gasteiger charge is 2.47. The van der Waals surface area contributed by atoms with Crippen LogP contribution in [0, 0.1) is 0 Å². The Kier molecular flexibility index (Phi) is 42.5. The minimum atomic E-state index is -1.71. The van der Waals surface area contributed by atoms with Gasteiger partial charge in [-0.05, 0) is 83.5 Å². The van der Waals surface area contributed by atoms with Crippen molar-refractivity contribution in [2.75, 3.05) is 33.0 Å². The molecule has 0 saturated carbocycles. The van der Waals surface area contributed by atoms with Crippen molar-refractivity contribution in [3.8, 4) is 0 Å². The van der Waals surface area contributed by atoms with Gasteiger partial charge < -0.3 is 64.2 Å². The van der Waals surface area contributed by atoms with E-state index in [1.165, 1.54) is 89.9 Å². The Morgan fingerprint density at radius 3 is 1.38 bits per heavy atom. The summed E-state index contributed by atoms with van der Waals surface area (Å²) in [5.41, 5.74) is 0. The first-order valence-corrected chi connectivity index (χ1v) is 29.0. The van der Waals surface area contributed by atoms with Gasteiger partial charge in [0.05, 0.1) is 26.4 Å². The Morgan fingerprint density at radius 1 is 0.459 bits per heavy atom. The Morgan fingerprint density at radius 2 is 0.878 bits per heavy atom. The van der Waals surface area contributed by atoms with Gasteiger partial charge in [-0.25, -0.2) is 0 Å². The standard InChI is InChI=1S/C60H104O14/c1-3-5-7-9-11-13-15-17-19-21-23-24-25-27-29-31-33-35-37-39-41-43-52(62)72-49(46-69-44-42-40-38-36-34-32-30-28-26-22-20-18-16-14-12-10-8-6-4-2)47-70-59-58(68)56(66)54(64)51(74-59)48-71-60-57(67)55(65)53(63)50(45-61)73-60/h5,7,11,13-14,16-17,19-20,22-24,49-51,53-61,63-68H,3-4,6,8-10,12,15,18,21,25-48H2,1-2H3/b7-5-,13-11-,16-14-,19-17-,22-20-,24-23-. The summed E-state index contributed by atoms with van der Waals surface area (Å²) in [5.74, 6) is -0.388. The number of aliphatic hydroxyl groups excluding tert-OH is 7. The van der Waals surface area contributed by atoms with Crippen LogP contribution in [0.1, 0.15) is 200 Å². The lowest BCUT2D eigenvalue weighted by Gasteiger charge is -2.42. The van der Waals surface area contributed by atoms with Crippen molar-refractivity contribution in [1.29, 1.82) is 0 Å². The van der Waals surface area contributed by atoms with Crippen molar-refractivity contribution >= 4 is 5.97 Å². The molecule has 0 spiro atoms. The summed E-state index contributed by atoms with van der Waals surface area (Å²) in [7, 11) is 0. The molecule has 0 aromatic carbocycles. The highest BCUT2D eigenvalue weighted by Crippen LogP contribution is 2.26. The molecule has 11 unspecified atom stereocenters. The predicted octanol–water partition coefficient (Wildman–Crippen LogP) is 10.2. The molecule has 2 heterocycles. The number of aliphatic hydroxyl groups is 7. The molecule has 2 rings (SSSR count). The second-order valence-electron chi connectivity index (χ2n) is 20.1. The Labute approximate surface area is 447 Å². The maximum absolute atomic E-state index is 13.1. The van der Waals surface area contributed by atoms with Crippen LogP contribution in [0.4, 0.5) is 0 Å². The molecule has 428 valence electrons. The van der Waals surface area contributed by atoms with Gasteiger partial charge in [0.1, 0.15) is 54.9 Å². The zero-order valence-corrected chi connectivity index (χ0v) is 45.8. The molecule has 11 atom stereocenters. The topological polar surface area (TPSA) is 214 Å². The van der Waals surface area contributed by atoms with Gasteiger partial charge in [0.25, 0.3) is 0 Å². The average molecular weight is 1050 g/mol. The lowest BCUT2D eigenvalue weighted by Crippen LogP contribution is -2.61. The summed E-state index contributed by atoms with van der Waals surface area (Å²) in [5, 5.41) is 72.3. The number of hydrogen-bond donors (Lipinski definition) is 7. The molecule has 0 aromatic heterocycles. The summed E-state index contributed by atoms with van der Waals surface area (Å²) in [4.78, 5) is 13.1. The van der Waals surface area contributed by atoms with Crippen molar-refractivity contribution < 1.29 is 69.0 Å². The number of rotatable bonds is 46. The number of ether oxygens (including phenoxy) is 6. The summed E-state index contributed by atoms with van der Waals surface area (Å²) >= 11 is 0. The fourth-order valence-corrected chi connectivity index (χ4v) is 8.78. The van der Waals surface area contributed by atoms with Crippen LogP contribution in [-0.2, 0) is 33.2 Å².